The topological polar surface area (TPSA) is 94.8 Å². The highest BCUT2D eigenvalue weighted by molar-refractivity contribution is 6.05. The predicted molar refractivity (Wildman–Crippen MR) is 149 cm³/mol. The Bertz CT molecular complexity index is 1700. The standard InChI is InChI=1S/C30H28N6O2/c1-17(2)29(37)35-22-9-12-24(18(3)15-22)27-26(25-20(5)32-16-33-28(25)36(27)6)21-7-10-23(11-8-21)38-30-31-14-13-19(4)34-30/h7-16H,1H2,2-6H3,(H,35,37). The fourth-order valence-electron chi connectivity index (χ4n) is 4.51. The van der Waals surface area contributed by atoms with Crippen LogP contribution >= 0.6 is 0 Å². The molecule has 0 radical (unpaired) electrons. The van der Waals surface area contributed by atoms with Gasteiger partial charge in [-0.3, -0.25) is 4.79 Å². The van der Waals surface area contributed by atoms with Crippen molar-refractivity contribution < 1.29 is 9.53 Å². The third-order valence-electron chi connectivity index (χ3n) is 6.41. The highest BCUT2D eigenvalue weighted by atomic mass is 16.5. The van der Waals surface area contributed by atoms with Crippen LogP contribution in [0.5, 0.6) is 11.8 Å². The quantitative estimate of drug-likeness (QED) is 0.272. The van der Waals surface area contributed by atoms with Gasteiger partial charge < -0.3 is 14.6 Å². The highest BCUT2D eigenvalue weighted by Crippen LogP contribution is 2.42. The number of benzene rings is 2. The average Bonchev–Trinajstić information content (AvgIpc) is 3.18. The van der Waals surface area contributed by atoms with E-state index >= 15 is 0 Å². The average molecular weight is 505 g/mol. The van der Waals surface area contributed by atoms with Gasteiger partial charge in [0, 0.05) is 46.7 Å². The van der Waals surface area contributed by atoms with Crippen molar-refractivity contribution in [1.82, 2.24) is 24.5 Å². The van der Waals surface area contributed by atoms with Gasteiger partial charge in [0.2, 0.25) is 0 Å². The molecule has 5 rings (SSSR count). The molecule has 190 valence electrons. The summed E-state index contributed by atoms with van der Waals surface area (Å²) in [6.45, 7) is 11.3. The number of rotatable bonds is 6. The molecule has 0 aliphatic rings. The Kier molecular flexibility index (Phi) is 6.46. The van der Waals surface area contributed by atoms with Crippen molar-refractivity contribution in [2.24, 2.45) is 7.05 Å². The maximum Gasteiger partial charge on any atom is 0.322 e. The van der Waals surface area contributed by atoms with E-state index in [4.69, 9.17) is 4.74 Å². The second kappa shape index (κ2) is 9.89. The molecular formula is C30H28N6O2. The molecule has 38 heavy (non-hydrogen) atoms. The molecule has 0 aliphatic carbocycles. The number of carbonyl (C=O) groups excluding carboxylic acids is 1. The van der Waals surface area contributed by atoms with Crippen molar-refractivity contribution in [3.05, 3.63) is 90.2 Å². The SMILES string of the molecule is C=C(C)C(=O)Nc1ccc(-c2c(-c3ccc(Oc4nccc(C)n4)cc3)c3c(C)ncnc3n2C)c(C)c1. The molecule has 8 heteroatoms. The van der Waals surface area contributed by atoms with Crippen molar-refractivity contribution in [1.29, 1.82) is 0 Å². The first-order chi connectivity index (χ1) is 18.2. The number of amides is 1. The van der Waals surface area contributed by atoms with Gasteiger partial charge in [0.1, 0.15) is 17.7 Å². The lowest BCUT2D eigenvalue weighted by Gasteiger charge is -2.14. The summed E-state index contributed by atoms with van der Waals surface area (Å²) in [6.07, 6.45) is 3.27. The van der Waals surface area contributed by atoms with Crippen LogP contribution in [-0.2, 0) is 11.8 Å². The van der Waals surface area contributed by atoms with Crippen LogP contribution in [0.1, 0.15) is 23.9 Å². The summed E-state index contributed by atoms with van der Waals surface area (Å²) >= 11 is 0. The molecule has 2 aromatic carbocycles. The molecule has 3 heterocycles. The van der Waals surface area contributed by atoms with Gasteiger partial charge in [-0.05, 0) is 69.2 Å². The van der Waals surface area contributed by atoms with Crippen LogP contribution in [0.15, 0.2) is 73.2 Å². The first-order valence-electron chi connectivity index (χ1n) is 12.2. The smallest absolute Gasteiger partial charge is 0.322 e. The number of nitrogens with zero attached hydrogens (tertiary/aromatic N) is 5. The van der Waals surface area contributed by atoms with Crippen LogP contribution in [0.25, 0.3) is 33.4 Å². The number of hydrogen-bond donors (Lipinski definition) is 1. The molecule has 0 saturated carbocycles. The highest BCUT2D eigenvalue weighted by Gasteiger charge is 2.22. The number of aryl methyl sites for hydroxylation is 4. The normalized spacial score (nSPS) is 11.0. The van der Waals surface area contributed by atoms with Gasteiger partial charge in [0.25, 0.3) is 5.91 Å². The Hall–Kier alpha value is -4.85. The molecule has 8 nitrogen and oxygen atoms in total. The third kappa shape index (κ3) is 4.64. The van der Waals surface area contributed by atoms with Gasteiger partial charge >= 0.3 is 6.01 Å². The number of fused-ring (bicyclic) bond motifs is 1. The van der Waals surface area contributed by atoms with Gasteiger partial charge in [-0.2, -0.15) is 0 Å². The minimum Gasteiger partial charge on any atom is -0.424 e. The number of aromatic nitrogens is 5. The molecule has 0 unspecified atom stereocenters. The van der Waals surface area contributed by atoms with E-state index in [-0.39, 0.29) is 5.91 Å². The maximum absolute atomic E-state index is 12.1. The summed E-state index contributed by atoms with van der Waals surface area (Å²) in [7, 11) is 2.01. The van der Waals surface area contributed by atoms with E-state index in [9.17, 15) is 4.79 Å². The summed E-state index contributed by atoms with van der Waals surface area (Å²) in [4.78, 5) is 29.7. The number of hydrogen-bond acceptors (Lipinski definition) is 6. The van der Waals surface area contributed by atoms with E-state index in [1.165, 1.54) is 0 Å². The van der Waals surface area contributed by atoms with E-state index in [2.05, 4.69) is 36.4 Å². The number of nitrogens with one attached hydrogen (secondary N) is 1. The monoisotopic (exact) mass is 504 g/mol. The predicted octanol–water partition coefficient (Wildman–Crippen LogP) is 6.32. The molecule has 0 bridgehead atoms. The third-order valence-corrected chi connectivity index (χ3v) is 6.41. The summed E-state index contributed by atoms with van der Waals surface area (Å²) in [6, 6.07) is 15.9. The lowest BCUT2D eigenvalue weighted by Crippen LogP contribution is -2.11. The lowest BCUT2D eigenvalue weighted by molar-refractivity contribution is -0.112. The van der Waals surface area contributed by atoms with Crippen LogP contribution in [0.3, 0.4) is 0 Å². The van der Waals surface area contributed by atoms with E-state index in [0.717, 1.165) is 56.1 Å². The minimum absolute atomic E-state index is 0.202. The number of anilines is 1. The maximum atomic E-state index is 12.1. The van der Waals surface area contributed by atoms with Crippen LogP contribution in [0, 0.1) is 20.8 Å². The van der Waals surface area contributed by atoms with Crippen molar-refractivity contribution in [2.45, 2.75) is 27.7 Å². The van der Waals surface area contributed by atoms with Gasteiger partial charge in [-0.1, -0.05) is 24.8 Å². The zero-order chi connectivity index (χ0) is 27.0. The fourth-order valence-corrected chi connectivity index (χ4v) is 4.51. The Morgan fingerprint density at radius 1 is 1.00 bits per heavy atom. The van der Waals surface area contributed by atoms with Crippen molar-refractivity contribution in [2.75, 3.05) is 5.32 Å². The molecular weight excluding hydrogens is 476 g/mol. The number of carbonyl (C=O) groups is 1. The largest absolute Gasteiger partial charge is 0.424 e. The van der Waals surface area contributed by atoms with E-state index in [1.54, 1.807) is 19.4 Å². The summed E-state index contributed by atoms with van der Waals surface area (Å²) in [5.74, 6) is 0.439. The second-order valence-electron chi connectivity index (χ2n) is 9.31. The Balaban J connectivity index is 1.61. The fraction of sp³-hybridized carbons (Fsp3) is 0.167. The van der Waals surface area contributed by atoms with E-state index < -0.39 is 0 Å². The molecule has 3 aromatic heterocycles. The summed E-state index contributed by atoms with van der Waals surface area (Å²) < 4.78 is 7.97. The first kappa shape index (κ1) is 24.8. The van der Waals surface area contributed by atoms with Gasteiger partial charge in [0.15, 0.2) is 0 Å². The van der Waals surface area contributed by atoms with Gasteiger partial charge in [-0.15, -0.1) is 0 Å². The summed E-state index contributed by atoms with van der Waals surface area (Å²) in [5.41, 5.74) is 8.82. The zero-order valence-electron chi connectivity index (χ0n) is 22.0. The molecule has 5 aromatic rings. The molecule has 0 saturated heterocycles. The van der Waals surface area contributed by atoms with Crippen molar-refractivity contribution in [3.63, 3.8) is 0 Å². The Morgan fingerprint density at radius 2 is 1.76 bits per heavy atom. The molecule has 0 spiro atoms. The Labute approximate surface area is 221 Å². The second-order valence-corrected chi connectivity index (χ2v) is 9.31. The van der Waals surface area contributed by atoms with E-state index in [0.29, 0.717) is 17.3 Å². The van der Waals surface area contributed by atoms with Crippen molar-refractivity contribution in [3.8, 4) is 34.1 Å². The van der Waals surface area contributed by atoms with E-state index in [1.807, 2.05) is 76.3 Å². The molecule has 0 fully saturated rings. The van der Waals surface area contributed by atoms with Crippen LogP contribution in [-0.4, -0.2) is 30.4 Å². The zero-order valence-corrected chi connectivity index (χ0v) is 22.0. The molecule has 0 atom stereocenters. The molecule has 1 N–H and O–H groups in total. The van der Waals surface area contributed by atoms with Crippen molar-refractivity contribution >= 4 is 22.6 Å². The molecule has 1 amide bonds. The summed E-state index contributed by atoms with van der Waals surface area (Å²) in [5, 5.41) is 3.88. The van der Waals surface area contributed by atoms with Crippen LogP contribution in [0.4, 0.5) is 5.69 Å². The van der Waals surface area contributed by atoms with Crippen LogP contribution in [0.2, 0.25) is 0 Å². The first-order valence-corrected chi connectivity index (χ1v) is 12.2. The molecule has 0 aliphatic heterocycles. The lowest BCUT2D eigenvalue weighted by atomic mass is 9.95. The minimum atomic E-state index is -0.202. The van der Waals surface area contributed by atoms with Crippen LogP contribution < -0.4 is 10.1 Å². The van der Waals surface area contributed by atoms with Gasteiger partial charge in [0.05, 0.1) is 11.4 Å². The Morgan fingerprint density at radius 3 is 2.45 bits per heavy atom. The number of ether oxygens (including phenoxy) is 1. The van der Waals surface area contributed by atoms with Gasteiger partial charge in [-0.25, -0.2) is 19.9 Å².